The molecular weight excluding hydrogens is 499 g/mol. The fourth-order valence-electron chi connectivity index (χ4n) is 4.39. The highest BCUT2D eigenvalue weighted by molar-refractivity contribution is 5.89. The van der Waals surface area contributed by atoms with Gasteiger partial charge in [0.15, 0.2) is 23.0 Å². The predicted molar refractivity (Wildman–Crippen MR) is 144 cm³/mol. The van der Waals surface area contributed by atoms with Gasteiger partial charge in [-0.05, 0) is 30.3 Å². The number of para-hydroxylation sites is 1. The van der Waals surface area contributed by atoms with E-state index in [1.54, 1.807) is 40.0 Å². The third-order valence-electron chi connectivity index (χ3n) is 6.36. The van der Waals surface area contributed by atoms with Crippen LogP contribution in [0.1, 0.15) is 5.56 Å². The second-order valence-electron chi connectivity index (χ2n) is 8.97. The van der Waals surface area contributed by atoms with Crippen molar-refractivity contribution < 1.29 is 13.9 Å². The summed E-state index contributed by atoms with van der Waals surface area (Å²) in [6.07, 6.45) is 2.66. The molecule has 1 amide bonds. The molecule has 1 saturated heterocycles. The zero-order chi connectivity index (χ0) is 26.6. The van der Waals surface area contributed by atoms with E-state index >= 15 is 0 Å². The zero-order valence-electron chi connectivity index (χ0n) is 20.9. The van der Waals surface area contributed by atoms with Gasteiger partial charge in [0.1, 0.15) is 11.5 Å². The maximum Gasteiger partial charge on any atom is 0.415 e. The Hall–Kier alpha value is -4.90. The topological polar surface area (TPSA) is 110 Å². The largest absolute Gasteiger partial charge is 0.415 e. The number of fused-ring (bicyclic) bond motifs is 1. The van der Waals surface area contributed by atoms with Gasteiger partial charge >= 0.3 is 6.09 Å². The molecule has 0 spiro atoms. The van der Waals surface area contributed by atoms with E-state index in [0.717, 1.165) is 5.69 Å². The SMILES string of the molecule is O=C(Oc1cnc(-c2nn(Cc3ccccc3F)c3ncccc23)nc1Nc1ccccc1)N1CCNCC1. The Morgan fingerprint density at radius 3 is 2.62 bits per heavy atom. The molecular formula is C28H25FN8O2. The number of amides is 1. The van der Waals surface area contributed by atoms with Crippen molar-refractivity contribution in [2.45, 2.75) is 6.54 Å². The van der Waals surface area contributed by atoms with Gasteiger partial charge in [-0.15, -0.1) is 0 Å². The van der Waals surface area contributed by atoms with Crippen molar-refractivity contribution in [2.24, 2.45) is 0 Å². The Morgan fingerprint density at radius 1 is 1.00 bits per heavy atom. The number of ether oxygens (including phenoxy) is 1. The maximum absolute atomic E-state index is 14.4. The predicted octanol–water partition coefficient (Wildman–Crippen LogP) is 4.22. The molecule has 10 nitrogen and oxygen atoms in total. The number of anilines is 2. The number of halogens is 1. The van der Waals surface area contributed by atoms with Crippen molar-refractivity contribution in [1.29, 1.82) is 0 Å². The number of nitrogens with zero attached hydrogens (tertiary/aromatic N) is 6. The van der Waals surface area contributed by atoms with Crippen molar-refractivity contribution in [3.05, 3.63) is 90.5 Å². The van der Waals surface area contributed by atoms with Crippen LogP contribution in [0.5, 0.6) is 5.75 Å². The first-order valence-corrected chi connectivity index (χ1v) is 12.6. The highest BCUT2D eigenvalue weighted by Gasteiger charge is 2.23. The lowest BCUT2D eigenvalue weighted by molar-refractivity contribution is 0.146. The highest BCUT2D eigenvalue weighted by atomic mass is 19.1. The molecule has 39 heavy (non-hydrogen) atoms. The summed E-state index contributed by atoms with van der Waals surface area (Å²) in [5, 5.41) is 11.9. The second-order valence-corrected chi connectivity index (χ2v) is 8.97. The molecule has 0 saturated carbocycles. The van der Waals surface area contributed by atoms with Crippen LogP contribution in [0, 0.1) is 5.82 Å². The average molecular weight is 525 g/mol. The van der Waals surface area contributed by atoms with E-state index in [-0.39, 0.29) is 18.1 Å². The third-order valence-corrected chi connectivity index (χ3v) is 6.36. The molecule has 196 valence electrons. The molecule has 11 heteroatoms. The lowest BCUT2D eigenvalue weighted by atomic mass is 10.2. The molecule has 2 N–H and O–H groups in total. The van der Waals surface area contributed by atoms with Crippen molar-refractivity contribution in [2.75, 3.05) is 31.5 Å². The summed E-state index contributed by atoms with van der Waals surface area (Å²) >= 11 is 0. The molecule has 0 atom stereocenters. The number of aromatic nitrogens is 5. The molecule has 0 unspecified atom stereocenters. The minimum absolute atomic E-state index is 0.190. The summed E-state index contributed by atoms with van der Waals surface area (Å²) in [7, 11) is 0. The fraction of sp³-hybridized carbons (Fsp3) is 0.179. The lowest BCUT2D eigenvalue weighted by Gasteiger charge is -2.26. The first kappa shape index (κ1) is 24.4. The Kier molecular flexibility index (Phi) is 6.79. The molecule has 0 aliphatic carbocycles. The monoisotopic (exact) mass is 524 g/mol. The first-order valence-electron chi connectivity index (χ1n) is 12.6. The van der Waals surface area contributed by atoms with Gasteiger partial charge in [0, 0.05) is 43.6 Å². The number of piperazine rings is 1. The summed E-state index contributed by atoms with van der Waals surface area (Å²) in [6.45, 7) is 2.71. The molecule has 1 fully saturated rings. The molecule has 4 heterocycles. The third kappa shape index (κ3) is 5.25. The van der Waals surface area contributed by atoms with E-state index in [1.807, 2.05) is 36.4 Å². The molecule has 1 aliphatic rings. The Balaban J connectivity index is 1.38. The van der Waals surface area contributed by atoms with Crippen LogP contribution in [0.4, 0.5) is 20.7 Å². The van der Waals surface area contributed by atoms with Crippen molar-refractivity contribution >= 4 is 28.6 Å². The maximum atomic E-state index is 14.4. The molecule has 5 aromatic rings. The van der Waals surface area contributed by atoms with Crippen molar-refractivity contribution in [1.82, 2.24) is 34.9 Å². The zero-order valence-corrected chi connectivity index (χ0v) is 20.9. The number of hydrogen-bond acceptors (Lipinski definition) is 8. The minimum Gasteiger partial charge on any atom is -0.405 e. The number of pyridine rings is 1. The van der Waals surface area contributed by atoms with Crippen molar-refractivity contribution in [3.8, 4) is 17.3 Å². The van der Waals surface area contributed by atoms with Crippen LogP contribution in [0.25, 0.3) is 22.6 Å². The van der Waals surface area contributed by atoms with E-state index in [1.165, 1.54) is 12.3 Å². The Labute approximate surface area is 223 Å². The fourth-order valence-corrected chi connectivity index (χ4v) is 4.39. The van der Waals surface area contributed by atoms with Crippen LogP contribution in [0.3, 0.4) is 0 Å². The minimum atomic E-state index is -0.465. The summed E-state index contributed by atoms with van der Waals surface area (Å²) in [4.78, 5) is 28.2. The second kappa shape index (κ2) is 10.8. The standard InChI is InChI=1S/C28H25FN8O2/c29-22-11-5-4-7-19(22)18-37-27-21(10-6-12-31-27)24(35-37)26-32-17-23(39-28(38)36-15-13-30-14-16-36)25(34-26)33-20-8-2-1-3-9-20/h1-12,17,30H,13-16,18H2,(H,32,33,34). The number of nitrogens with one attached hydrogen (secondary N) is 2. The Bertz CT molecular complexity index is 1620. The number of benzene rings is 2. The first-order chi connectivity index (χ1) is 19.2. The lowest BCUT2D eigenvalue weighted by Crippen LogP contribution is -2.47. The molecule has 0 radical (unpaired) electrons. The van der Waals surface area contributed by atoms with E-state index in [0.29, 0.717) is 60.1 Å². The average Bonchev–Trinajstić information content (AvgIpc) is 3.34. The van der Waals surface area contributed by atoms with Gasteiger partial charge in [-0.1, -0.05) is 36.4 Å². The summed E-state index contributed by atoms with van der Waals surface area (Å²) in [6, 6.07) is 19.7. The molecule has 6 rings (SSSR count). The van der Waals surface area contributed by atoms with Crippen LogP contribution in [-0.2, 0) is 6.54 Å². The molecule has 2 aromatic carbocycles. The van der Waals surface area contributed by atoms with Crippen molar-refractivity contribution in [3.63, 3.8) is 0 Å². The van der Waals surface area contributed by atoms with Crippen LogP contribution in [0.2, 0.25) is 0 Å². The van der Waals surface area contributed by atoms with Gasteiger partial charge in [-0.3, -0.25) is 0 Å². The van der Waals surface area contributed by atoms with Gasteiger partial charge in [0.25, 0.3) is 0 Å². The van der Waals surface area contributed by atoms with E-state index < -0.39 is 6.09 Å². The highest BCUT2D eigenvalue weighted by Crippen LogP contribution is 2.31. The summed E-state index contributed by atoms with van der Waals surface area (Å²) in [5.41, 5.74) is 2.30. The number of carbonyl (C=O) groups excluding carboxylic acids is 1. The summed E-state index contributed by atoms with van der Waals surface area (Å²) in [5.74, 6) is 0.496. The van der Waals surface area contributed by atoms with Crippen LogP contribution in [-0.4, -0.2) is 61.9 Å². The Morgan fingerprint density at radius 2 is 1.79 bits per heavy atom. The van der Waals surface area contributed by atoms with Gasteiger partial charge in [0.05, 0.1) is 18.1 Å². The van der Waals surface area contributed by atoms with Crippen LogP contribution in [0.15, 0.2) is 79.1 Å². The molecule has 0 bridgehead atoms. The smallest absolute Gasteiger partial charge is 0.405 e. The van der Waals surface area contributed by atoms with E-state index in [4.69, 9.17) is 14.8 Å². The summed E-state index contributed by atoms with van der Waals surface area (Å²) < 4.78 is 21.8. The number of rotatable bonds is 6. The van der Waals surface area contributed by atoms with E-state index in [2.05, 4.69) is 20.6 Å². The van der Waals surface area contributed by atoms with E-state index in [9.17, 15) is 9.18 Å². The number of carbonyl (C=O) groups is 1. The van der Waals surface area contributed by atoms with Gasteiger partial charge in [-0.2, -0.15) is 5.10 Å². The number of hydrogen-bond donors (Lipinski definition) is 2. The molecule has 1 aliphatic heterocycles. The van der Waals surface area contributed by atoms with Crippen LogP contribution < -0.4 is 15.4 Å². The van der Waals surface area contributed by atoms with Gasteiger partial charge in [-0.25, -0.2) is 28.8 Å². The van der Waals surface area contributed by atoms with Gasteiger partial charge < -0.3 is 20.3 Å². The van der Waals surface area contributed by atoms with Gasteiger partial charge in [0.2, 0.25) is 0 Å². The quantitative estimate of drug-likeness (QED) is 0.340. The molecule has 3 aromatic heterocycles. The van der Waals surface area contributed by atoms with Crippen LogP contribution >= 0.6 is 0 Å². The normalized spacial score (nSPS) is 13.4.